The van der Waals surface area contributed by atoms with Crippen LogP contribution in [0.15, 0.2) is 6.33 Å². The van der Waals surface area contributed by atoms with E-state index in [0.29, 0.717) is 11.9 Å². The molecule has 0 bridgehead atoms. The average Bonchev–Trinajstić information content (AvgIpc) is 2.79. The topological polar surface area (TPSA) is 76.2 Å². The monoisotopic (exact) mass is 281 g/mol. The highest BCUT2D eigenvalue weighted by Gasteiger charge is 2.29. The fraction of sp³-hybridized carbons (Fsp3) is 0.769. The van der Waals surface area contributed by atoms with Crippen LogP contribution in [0.5, 0.6) is 0 Å². The summed E-state index contributed by atoms with van der Waals surface area (Å²) in [4.78, 5) is 16.7. The van der Waals surface area contributed by atoms with Crippen LogP contribution in [0, 0.1) is 10.1 Å². The Labute approximate surface area is 119 Å². The predicted octanol–water partition coefficient (Wildman–Crippen LogP) is 1.69. The van der Waals surface area contributed by atoms with Crippen LogP contribution >= 0.6 is 0 Å². The molecule has 1 aromatic rings. The number of rotatable bonds is 5. The summed E-state index contributed by atoms with van der Waals surface area (Å²) in [5.74, 6) is 0.536. The van der Waals surface area contributed by atoms with Gasteiger partial charge in [-0.15, -0.1) is 0 Å². The molecule has 1 fully saturated rings. The number of piperidine rings is 1. The van der Waals surface area contributed by atoms with Gasteiger partial charge in [0.2, 0.25) is 12.1 Å². The maximum atomic E-state index is 11.1. The van der Waals surface area contributed by atoms with Crippen molar-refractivity contribution in [3.8, 4) is 0 Å². The molecule has 0 aromatic carbocycles. The quantitative estimate of drug-likeness (QED) is 0.656. The first-order valence-corrected chi connectivity index (χ1v) is 7.16. The lowest BCUT2D eigenvalue weighted by Crippen LogP contribution is -2.46. The standard InChI is InChI=1S/C13H23N5O2/c1-10(2)17(8-11-6-4-5-7-14-11)13-12(18(19)20)15-9-16(13)3/h9-11,14H,4-8H2,1-3H3. The second kappa shape index (κ2) is 6.21. The van der Waals surface area contributed by atoms with Crippen LogP contribution < -0.4 is 10.2 Å². The van der Waals surface area contributed by atoms with Crippen LogP contribution in [-0.4, -0.2) is 39.6 Å². The fourth-order valence-electron chi connectivity index (χ4n) is 2.73. The highest BCUT2D eigenvalue weighted by Crippen LogP contribution is 2.28. The average molecular weight is 281 g/mol. The first-order chi connectivity index (χ1) is 9.50. The normalized spacial score (nSPS) is 19.3. The van der Waals surface area contributed by atoms with Crippen LogP contribution in [0.3, 0.4) is 0 Å². The predicted molar refractivity (Wildman–Crippen MR) is 78.0 cm³/mol. The molecule has 1 atom stereocenters. The summed E-state index contributed by atoms with van der Waals surface area (Å²) in [5.41, 5.74) is 0. The number of aromatic nitrogens is 2. The van der Waals surface area contributed by atoms with E-state index in [1.807, 2.05) is 0 Å². The zero-order chi connectivity index (χ0) is 14.7. The third-order valence-electron chi connectivity index (χ3n) is 3.79. The van der Waals surface area contributed by atoms with Gasteiger partial charge in [0, 0.05) is 25.7 Å². The SMILES string of the molecule is CC(C)N(CC1CCCCN1)c1c([N+](=O)[O-])ncn1C. The number of nitrogens with zero attached hydrogens (tertiary/aromatic N) is 4. The molecule has 0 spiro atoms. The van der Waals surface area contributed by atoms with Crippen LogP contribution in [0.4, 0.5) is 11.6 Å². The number of hydrogen-bond acceptors (Lipinski definition) is 5. The van der Waals surface area contributed by atoms with Gasteiger partial charge in [0.15, 0.2) is 0 Å². The number of anilines is 1. The summed E-state index contributed by atoms with van der Waals surface area (Å²) in [6, 6.07) is 0.577. The number of imidazole rings is 1. The van der Waals surface area contributed by atoms with Gasteiger partial charge >= 0.3 is 5.82 Å². The molecular weight excluding hydrogens is 258 g/mol. The van der Waals surface area contributed by atoms with Crippen molar-refractivity contribution in [1.29, 1.82) is 0 Å². The lowest BCUT2D eigenvalue weighted by molar-refractivity contribution is -0.388. The maximum Gasteiger partial charge on any atom is 0.406 e. The van der Waals surface area contributed by atoms with E-state index in [4.69, 9.17) is 0 Å². The fourth-order valence-corrected chi connectivity index (χ4v) is 2.73. The van der Waals surface area contributed by atoms with Crippen molar-refractivity contribution < 1.29 is 4.92 Å². The minimum atomic E-state index is -0.404. The lowest BCUT2D eigenvalue weighted by Gasteiger charge is -2.33. The lowest BCUT2D eigenvalue weighted by atomic mass is 10.0. The summed E-state index contributed by atoms with van der Waals surface area (Å²) < 4.78 is 1.74. The first kappa shape index (κ1) is 14.8. The summed E-state index contributed by atoms with van der Waals surface area (Å²) in [5, 5.41) is 14.6. The summed E-state index contributed by atoms with van der Waals surface area (Å²) in [6.45, 7) is 5.92. The van der Waals surface area contributed by atoms with Crippen molar-refractivity contribution in [2.24, 2.45) is 7.05 Å². The van der Waals surface area contributed by atoms with E-state index < -0.39 is 4.92 Å². The molecule has 1 saturated heterocycles. The number of hydrogen-bond donors (Lipinski definition) is 1. The number of nitrogens with one attached hydrogen (secondary N) is 1. The van der Waals surface area contributed by atoms with E-state index in [1.54, 1.807) is 11.6 Å². The largest absolute Gasteiger partial charge is 0.406 e. The number of nitro groups is 1. The third kappa shape index (κ3) is 3.09. The highest BCUT2D eigenvalue weighted by molar-refractivity contribution is 5.55. The smallest absolute Gasteiger partial charge is 0.358 e. The molecule has 1 aliphatic heterocycles. The molecular formula is C13H23N5O2. The molecule has 1 aromatic heterocycles. The van der Waals surface area contributed by atoms with E-state index in [9.17, 15) is 10.1 Å². The summed E-state index contributed by atoms with van der Waals surface area (Å²) in [7, 11) is 1.80. The Bertz CT molecular complexity index is 465. The van der Waals surface area contributed by atoms with E-state index in [1.165, 1.54) is 19.2 Å². The Morgan fingerprint density at radius 2 is 2.35 bits per heavy atom. The van der Waals surface area contributed by atoms with Crippen LogP contribution in [-0.2, 0) is 7.05 Å². The van der Waals surface area contributed by atoms with E-state index in [2.05, 4.69) is 29.0 Å². The van der Waals surface area contributed by atoms with Crippen molar-refractivity contribution >= 4 is 11.6 Å². The zero-order valence-corrected chi connectivity index (χ0v) is 12.4. The Kier molecular flexibility index (Phi) is 4.59. The van der Waals surface area contributed by atoms with E-state index in [-0.39, 0.29) is 11.9 Å². The molecule has 0 saturated carbocycles. The van der Waals surface area contributed by atoms with Gasteiger partial charge in [-0.3, -0.25) is 4.57 Å². The minimum Gasteiger partial charge on any atom is -0.358 e. The van der Waals surface area contributed by atoms with Crippen molar-refractivity contribution in [2.45, 2.75) is 45.2 Å². The molecule has 0 amide bonds. The molecule has 2 heterocycles. The van der Waals surface area contributed by atoms with Crippen molar-refractivity contribution in [2.75, 3.05) is 18.0 Å². The van der Waals surface area contributed by atoms with Crippen molar-refractivity contribution in [3.63, 3.8) is 0 Å². The molecule has 1 N–H and O–H groups in total. The third-order valence-corrected chi connectivity index (χ3v) is 3.79. The number of aryl methyl sites for hydroxylation is 1. The first-order valence-electron chi connectivity index (χ1n) is 7.16. The van der Waals surface area contributed by atoms with Crippen molar-refractivity contribution in [1.82, 2.24) is 14.9 Å². The Morgan fingerprint density at radius 3 is 2.90 bits per heavy atom. The molecule has 20 heavy (non-hydrogen) atoms. The molecule has 7 nitrogen and oxygen atoms in total. The maximum absolute atomic E-state index is 11.1. The van der Waals surface area contributed by atoms with E-state index >= 15 is 0 Å². The summed E-state index contributed by atoms with van der Waals surface area (Å²) >= 11 is 0. The van der Waals surface area contributed by atoms with Gasteiger partial charge in [-0.25, -0.2) is 0 Å². The molecule has 1 aliphatic rings. The molecule has 112 valence electrons. The van der Waals surface area contributed by atoms with Crippen LogP contribution in [0.2, 0.25) is 0 Å². The van der Waals surface area contributed by atoms with E-state index in [0.717, 1.165) is 19.5 Å². The molecule has 2 rings (SSSR count). The second-order valence-electron chi connectivity index (χ2n) is 5.65. The molecule has 7 heteroatoms. The Morgan fingerprint density at radius 1 is 1.60 bits per heavy atom. The van der Waals surface area contributed by atoms with Crippen LogP contribution in [0.1, 0.15) is 33.1 Å². The van der Waals surface area contributed by atoms with Crippen LogP contribution in [0.25, 0.3) is 0 Å². The van der Waals surface area contributed by atoms with Gasteiger partial charge < -0.3 is 20.3 Å². The Hall–Kier alpha value is -1.63. The Balaban J connectivity index is 2.24. The van der Waals surface area contributed by atoms with Gasteiger partial charge in [0.1, 0.15) is 0 Å². The summed E-state index contributed by atoms with van der Waals surface area (Å²) in [6.07, 6.45) is 5.06. The van der Waals surface area contributed by atoms with Gasteiger partial charge in [0.05, 0.1) is 0 Å². The van der Waals surface area contributed by atoms with Gasteiger partial charge in [0.25, 0.3) is 0 Å². The highest BCUT2D eigenvalue weighted by atomic mass is 16.6. The van der Waals surface area contributed by atoms with Gasteiger partial charge in [-0.05, 0) is 43.1 Å². The van der Waals surface area contributed by atoms with Gasteiger partial charge in [-0.2, -0.15) is 0 Å². The molecule has 0 aliphatic carbocycles. The zero-order valence-electron chi connectivity index (χ0n) is 12.4. The van der Waals surface area contributed by atoms with Gasteiger partial charge in [-0.1, -0.05) is 6.42 Å². The minimum absolute atomic E-state index is 0.0583. The molecule has 1 unspecified atom stereocenters. The molecule has 0 radical (unpaired) electrons. The van der Waals surface area contributed by atoms with Crippen molar-refractivity contribution in [3.05, 3.63) is 16.4 Å². The second-order valence-corrected chi connectivity index (χ2v) is 5.65.